The number of nitrogens with zero attached hydrogens (tertiary/aromatic N) is 3. The maximum Gasteiger partial charge on any atom is 0.228 e. The Balaban J connectivity index is 1.57. The van der Waals surface area contributed by atoms with Gasteiger partial charge < -0.3 is 14.9 Å². The highest BCUT2D eigenvalue weighted by Crippen LogP contribution is 2.22. The predicted octanol–water partition coefficient (Wildman–Crippen LogP) is 1.48. The van der Waals surface area contributed by atoms with Gasteiger partial charge in [-0.25, -0.2) is 0 Å². The van der Waals surface area contributed by atoms with Gasteiger partial charge in [-0.1, -0.05) is 0 Å². The van der Waals surface area contributed by atoms with Crippen LogP contribution in [0.15, 0.2) is 48.8 Å². The van der Waals surface area contributed by atoms with Crippen LogP contribution in [0.2, 0.25) is 0 Å². The molecule has 0 aliphatic carbocycles. The highest BCUT2D eigenvalue weighted by molar-refractivity contribution is 6.00. The summed E-state index contributed by atoms with van der Waals surface area (Å²) >= 11 is 0. The average Bonchev–Trinajstić information content (AvgIpc) is 3.02. The van der Waals surface area contributed by atoms with Crippen molar-refractivity contribution >= 4 is 17.6 Å². The largest absolute Gasteiger partial charge is 0.508 e. The average molecular weight is 367 g/mol. The van der Waals surface area contributed by atoms with E-state index in [9.17, 15) is 19.5 Å². The Labute approximate surface area is 157 Å². The summed E-state index contributed by atoms with van der Waals surface area (Å²) in [6.07, 6.45) is 3.49. The number of carbonyl (C=O) groups is 3. The molecule has 0 saturated carbocycles. The number of aromatic hydroxyl groups is 1. The monoisotopic (exact) mass is 367 g/mol. The van der Waals surface area contributed by atoms with Crippen molar-refractivity contribution < 1.29 is 19.5 Å². The summed E-state index contributed by atoms with van der Waals surface area (Å²) in [4.78, 5) is 44.2. The molecular formula is C20H21N3O4. The Morgan fingerprint density at radius 3 is 2.52 bits per heavy atom. The van der Waals surface area contributed by atoms with Gasteiger partial charge in [0.2, 0.25) is 11.8 Å². The number of phenolic OH excluding ortho intramolecular Hbond substituents is 1. The van der Waals surface area contributed by atoms with Gasteiger partial charge in [0.15, 0.2) is 5.78 Å². The smallest absolute Gasteiger partial charge is 0.228 e. The topological polar surface area (TPSA) is 90.8 Å². The lowest BCUT2D eigenvalue weighted by molar-refractivity contribution is -0.134. The summed E-state index contributed by atoms with van der Waals surface area (Å²) < 4.78 is 0. The van der Waals surface area contributed by atoms with Crippen LogP contribution in [0.1, 0.15) is 22.3 Å². The van der Waals surface area contributed by atoms with Gasteiger partial charge >= 0.3 is 0 Å². The normalized spacial score (nSPS) is 16.4. The van der Waals surface area contributed by atoms with E-state index in [-0.39, 0.29) is 36.3 Å². The molecule has 3 rings (SSSR count). The van der Waals surface area contributed by atoms with Crippen LogP contribution >= 0.6 is 0 Å². The molecule has 2 heterocycles. The van der Waals surface area contributed by atoms with E-state index >= 15 is 0 Å². The highest BCUT2D eigenvalue weighted by atomic mass is 16.3. The molecule has 2 aromatic rings. The van der Waals surface area contributed by atoms with Crippen LogP contribution in [0.3, 0.4) is 0 Å². The molecular weight excluding hydrogens is 346 g/mol. The molecule has 2 amide bonds. The van der Waals surface area contributed by atoms with Gasteiger partial charge in [0.1, 0.15) is 5.75 Å². The van der Waals surface area contributed by atoms with E-state index in [0.717, 1.165) is 5.56 Å². The molecule has 1 atom stereocenters. The molecule has 1 aromatic heterocycles. The lowest BCUT2D eigenvalue weighted by Gasteiger charge is -2.21. The van der Waals surface area contributed by atoms with Gasteiger partial charge in [0.05, 0.1) is 12.5 Å². The predicted molar refractivity (Wildman–Crippen MR) is 97.8 cm³/mol. The maximum absolute atomic E-state index is 12.7. The number of Topliss-reactive ketones (excluding diaryl/α,β-unsaturated/α-hetero) is 1. The third-order valence-corrected chi connectivity index (χ3v) is 4.63. The summed E-state index contributed by atoms with van der Waals surface area (Å²) in [6.45, 7) is 0.720. The summed E-state index contributed by atoms with van der Waals surface area (Å²) in [7, 11) is 1.57. The van der Waals surface area contributed by atoms with E-state index in [4.69, 9.17) is 0 Å². The van der Waals surface area contributed by atoms with Crippen molar-refractivity contribution in [3.8, 4) is 5.75 Å². The number of likely N-dealkylation sites (tertiary alicyclic amines) is 1. The van der Waals surface area contributed by atoms with E-state index in [1.54, 1.807) is 24.3 Å². The second-order valence-corrected chi connectivity index (χ2v) is 6.70. The maximum atomic E-state index is 12.7. The molecule has 7 nitrogen and oxygen atoms in total. The van der Waals surface area contributed by atoms with Crippen LogP contribution in [0.5, 0.6) is 5.75 Å². The van der Waals surface area contributed by atoms with E-state index in [0.29, 0.717) is 18.7 Å². The third kappa shape index (κ3) is 4.49. The van der Waals surface area contributed by atoms with E-state index < -0.39 is 5.92 Å². The minimum atomic E-state index is -0.447. The molecule has 0 unspecified atom stereocenters. The zero-order valence-corrected chi connectivity index (χ0v) is 15.0. The molecule has 1 saturated heterocycles. The van der Waals surface area contributed by atoms with Crippen molar-refractivity contribution in [3.63, 3.8) is 0 Å². The number of hydrogen-bond acceptors (Lipinski definition) is 5. The fourth-order valence-corrected chi connectivity index (χ4v) is 3.14. The second-order valence-electron chi connectivity index (χ2n) is 6.70. The Kier molecular flexibility index (Phi) is 5.49. The molecule has 1 aromatic carbocycles. The number of phenols is 1. The Bertz CT molecular complexity index is 836. The SMILES string of the molecule is CN(CC(=O)c1ccc(O)cc1)C(=O)[C@H]1CC(=O)N(Cc2ccncc2)C1. The van der Waals surface area contributed by atoms with Gasteiger partial charge in [-0.2, -0.15) is 0 Å². The standard InChI is InChI=1S/C20H21N3O4/c1-22(13-18(25)15-2-4-17(24)5-3-15)20(27)16-10-19(26)23(12-16)11-14-6-8-21-9-7-14/h2-9,16,24H,10-13H2,1H3/t16-/m0/s1. The molecule has 1 fully saturated rings. The molecule has 0 radical (unpaired) electrons. The van der Waals surface area contributed by atoms with Crippen LogP contribution in [0.25, 0.3) is 0 Å². The number of pyridine rings is 1. The molecule has 1 N–H and O–H groups in total. The zero-order valence-electron chi connectivity index (χ0n) is 15.0. The molecule has 7 heteroatoms. The van der Waals surface area contributed by atoms with Gasteiger partial charge in [0, 0.05) is 44.5 Å². The number of carbonyl (C=O) groups excluding carboxylic acids is 3. The number of hydrogen-bond donors (Lipinski definition) is 1. The fourth-order valence-electron chi connectivity index (χ4n) is 3.14. The second kappa shape index (κ2) is 7.99. The van der Waals surface area contributed by atoms with Crippen molar-refractivity contribution in [2.24, 2.45) is 5.92 Å². The number of benzene rings is 1. The summed E-state index contributed by atoms with van der Waals surface area (Å²) in [5.74, 6) is -0.869. The minimum absolute atomic E-state index is 0.0663. The molecule has 0 bridgehead atoms. The zero-order chi connectivity index (χ0) is 19.4. The summed E-state index contributed by atoms with van der Waals surface area (Å²) in [5.41, 5.74) is 1.39. The van der Waals surface area contributed by atoms with E-state index in [1.807, 2.05) is 12.1 Å². The number of rotatable bonds is 6. The van der Waals surface area contributed by atoms with Gasteiger partial charge in [-0.05, 0) is 42.0 Å². The van der Waals surface area contributed by atoms with Crippen molar-refractivity contribution in [3.05, 3.63) is 59.9 Å². The van der Waals surface area contributed by atoms with Crippen molar-refractivity contribution in [1.82, 2.24) is 14.8 Å². The van der Waals surface area contributed by atoms with Crippen LogP contribution in [-0.2, 0) is 16.1 Å². The lowest BCUT2D eigenvalue weighted by atomic mass is 10.1. The van der Waals surface area contributed by atoms with Crippen molar-refractivity contribution in [2.75, 3.05) is 20.1 Å². The first-order valence-electron chi connectivity index (χ1n) is 8.68. The Morgan fingerprint density at radius 1 is 1.19 bits per heavy atom. The van der Waals surface area contributed by atoms with Crippen LogP contribution in [0.4, 0.5) is 0 Å². The molecule has 0 spiro atoms. The summed E-state index contributed by atoms with van der Waals surface area (Å²) in [5, 5.41) is 9.29. The van der Waals surface area contributed by atoms with Crippen LogP contribution in [-0.4, -0.2) is 57.6 Å². The first-order chi connectivity index (χ1) is 12.9. The summed E-state index contributed by atoms with van der Waals surface area (Å²) in [6, 6.07) is 9.58. The number of ketones is 1. The Morgan fingerprint density at radius 2 is 1.85 bits per heavy atom. The quantitative estimate of drug-likeness (QED) is 0.781. The number of aromatic nitrogens is 1. The number of amides is 2. The highest BCUT2D eigenvalue weighted by Gasteiger charge is 2.36. The van der Waals surface area contributed by atoms with Crippen molar-refractivity contribution in [2.45, 2.75) is 13.0 Å². The minimum Gasteiger partial charge on any atom is -0.508 e. The molecule has 140 valence electrons. The van der Waals surface area contributed by atoms with E-state index in [1.165, 1.54) is 29.2 Å². The molecule has 1 aliphatic rings. The van der Waals surface area contributed by atoms with Crippen LogP contribution in [0, 0.1) is 5.92 Å². The van der Waals surface area contributed by atoms with E-state index in [2.05, 4.69) is 4.98 Å². The van der Waals surface area contributed by atoms with Crippen molar-refractivity contribution in [1.29, 1.82) is 0 Å². The lowest BCUT2D eigenvalue weighted by Crippen LogP contribution is -2.37. The third-order valence-electron chi connectivity index (χ3n) is 4.63. The fraction of sp³-hybridized carbons (Fsp3) is 0.300. The van der Waals surface area contributed by atoms with Gasteiger partial charge in [0.25, 0.3) is 0 Å². The van der Waals surface area contributed by atoms with Gasteiger partial charge in [-0.15, -0.1) is 0 Å². The first kappa shape index (κ1) is 18.6. The van der Waals surface area contributed by atoms with Gasteiger partial charge in [-0.3, -0.25) is 19.4 Å². The van der Waals surface area contributed by atoms with Crippen LogP contribution < -0.4 is 0 Å². The number of likely N-dealkylation sites (N-methyl/N-ethyl adjacent to an activating group) is 1. The first-order valence-corrected chi connectivity index (χ1v) is 8.68. The Hall–Kier alpha value is -3.22. The molecule has 27 heavy (non-hydrogen) atoms. The molecule has 1 aliphatic heterocycles.